The molecule has 1 heterocycles. The molecule has 1 atom stereocenters. The van der Waals surface area contributed by atoms with Gasteiger partial charge < -0.3 is 15.0 Å². The van der Waals surface area contributed by atoms with Crippen LogP contribution in [0.1, 0.15) is 26.7 Å². The summed E-state index contributed by atoms with van der Waals surface area (Å²) in [5.41, 5.74) is 0. The highest BCUT2D eigenvalue weighted by atomic mass is 16.5. The maximum absolute atomic E-state index is 12.3. The van der Waals surface area contributed by atoms with Crippen molar-refractivity contribution in [2.45, 2.75) is 32.7 Å². The molecule has 1 N–H and O–H groups in total. The summed E-state index contributed by atoms with van der Waals surface area (Å²) in [6.45, 7) is 7.31. The van der Waals surface area contributed by atoms with Crippen molar-refractivity contribution in [3.63, 3.8) is 0 Å². The smallest absolute Gasteiger partial charge is 0.227 e. The van der Waals surface area contributed by atoms with E-state index in [-0.39, 0.29) is 17.9 Å². The van der Waals surface area contributed by atoms with Crippen LogP contribution in [0, 0.1) is 5.92 Å². The van der Waals surface area contributed by atoms with Gasteiger partial charge in [0.2, 0.25) is 5.91 Å². The molecule has 4 nitrogen and oxygen atoms in total. The van der Waals surface area contributed by atoms with Crippen molar-refractivity contribution >= 4 is 5.91 Å². The van der Waals surface area contributed by atoms with Gasteiger partial charge in [-0.15, -0.1) is 0 Å². The largest absolute Gasteiger partial charge is 0.383 e. The summed E-state index contributed by atoms with van der Waals surface area (Å²) in [4.78, 5) is 14.2. The minimum absolute atomic E-state index is 0.160. The number of amides is 1. The van der Waals surface area contributed by atoms with E-state index < -0.39 is 0 Å². The fourth-order valence-electron chi connectivity index (χ4n) is 2.11. The molecule has 1 amide bonds. The molecule has 1 fully saturated rings. The van der Waals surface area contributed by atoms with Gasteiger partial charge in [-0.1, -0.05) is 0 Å². The van der Waals surface area contributed by atoms with Gasteiger partial charge in [-0.3, -0.25) is 4.79 Å². The summed E-state index contributed by atoms with van der Waals surface area (Å²) in [6, 6.07) is 0.254. The van der Waals surface area contributed by atoms with Crippen LogP contribution < -0.4 is 5.32 Å². The molecule has 0 spiro atoms. The van der Waals surface area contributed by atoms with E-state index in [1.807, 2.05) is 4.90 Å². The Morgan fingerprint density at radius 2 is 2.31 bits per heavy atom. The van der Waals surface area contributed by atoms with Crippen molar-refractivity contribution in [3.8, 4) is 0 Å². The lowest BCUT2D eigenvalue weighted by molar-refractivity contribution is -0.138. The zero-order chi connectivity index (χ0) is 12.0. The Bertz CT molecular complexity index is 213. The molecule has 1 aliphatic heterocycles. The number of carbonyl (C=O) groups excluding carboxylic acids is 1. The second-order valence-electron chi connectivity index (χ2n) is 4.66. The van der Waals surface area contributed by atoms with Crippen molar-refractivity contribution in [2.75, 3.05) is 33.4 Å². The Kier molecular flexibility index (Phi) is 5.77. The number of nitrogens with zero attached hydrogens (tertiary/aromatic N) is 1. The number of ether oxygens (including phenoxy) is 1. The number of rotatable bonds is 5. The Morgan fingerprint density at radius 1 is 1.56 bits per heavy atom. The summed E-state index contributed by atoms with van der Waals surface area (Å²) in [6.07, 6.45) is 2.12. The molecule has 0 saturated carbocycles. The minimum atomic E-state index is 0.160. The predicted molar refractivity (Wildman–Crippen MR) is 64.3 cm³/mol. The summed E-state index contributed by atoms with van der Waals surface area (Å²) in [5.74, 6) is 0.437. The summed E-state index contributed by atoms with van der Waals surface area (Å²) >= 11 is 0. The van der Waals surface area contributed by atoms with Crippen LogP contribution in [0.2, 0.25) is 0 Å². The maximum atomic E-state index is 12.3. The topological polar surface area (TPSA) is 41.6 Å². The standard InChI is InChI=1S/C12H24N2O2/c1-10(2)14(7-8-16-3)12(15)11-5-4-6-13-9-11/h10-11,13H,4-9H2,1-3H3/t11-/m1/s1. The highest BCUT2D eigenvalue weighted by molar-refractivity contribution is 5.79. The van der Waals surface area contributed by atoms with Crippen molar-refractivity contribution < 1.29 is 9.53 Å². The third-order valence-corrected chi connectivity index (χ3v) is 3.09. The Morgan fingerprint density at radius 3 is 2.81 bits per heavy atom. The zero-order valence-electron chi connectivity index (χ0n) is 10.7. The molecule has 1 aliphatic rings. The average Bonchev–Trinajstić information content (AvgIpc) is 2.30. The van der Waals surface area contributed by atoms with Crippen molar-refractivity contribution in [1.29, 1.82) is 0 Å². The molecule has 0 aromatic rings. The molecule has 16 heavy (non-hydrogen) atoms. The fourth-order valence-corrected chi connectivity index (χ4v) is 2.11. The van der Waals surface area contributed by atoms with Crippen LogP contribution in [-0.2, 0) is 9.53 Å². The van der Waals surface area contributed by atoms with Gasteiger partial charge in [-0.05, 0) is 33.2 Å². The van der Waals surface area contributed by atoms with Crippen LogP contribution in [0.4, 0.5) is 0 Å². The van der Waals surface area contributed by atoms with E-state index in [0.29, 0.717) is 13.2 Å². The molecule has 0 unspecified atom stereocenters. The highest BCUT2D eigenvalue weighted by Gasteiger charge is 2.26. The first-order valence-electron chi connectivity index (χ1n) is 6.17. The Labute approximate surface area is 98.3 Å². The molecule has 0 aromatic carbocycles. The molecule has 0 aliphatic carbocycles. The number of piperidine rings is 1. The molecular weight excluding hydrogens is 204 g/mol. The van der Waals surface area contributed by atoms with Crippen LogP contribution in [0.3, 0.4) is 0 Å². The van der Waals surface area contributed by atoms with E-state index in [2.05, 4.69) is 19.2 Å². The highest BCUT2D eigenvalue weighted by Crippen LogP contribution is 2.15. The summed E-state index contributed by atoms with van der Waals surface area (Å²) in [7, 11) is 1.67. The number of nitrogens with one attached hydrogen (secondary N) is 1. The van der Waals surface area contributed by atoms with Crippen molar-refractivity contribution in [2.24, 2.45) is 5.92 Å². The van der Waals surface area contributed by atoms with Gasteiger partial charge in [0.15, 0.2) is 0 Å². The van der Waals surface area contributed by atoms with Gasteiger partial charge >= 0.3 is 0 Å². The van der Waals surface area contributed by atoms with Crippen LogP contribution in [0.15, 0.2) is 0 Å². The van der Waals surface area contributed by atoms with E-state index in [4.69, 9.17) is 4.74 Å². The molecule has 0 bridgehead atoms. The third kappa shape index (κ3) is 3.76. The van der Waals surface area contributed by atoms with E-state index in [1.54, 1.807) is 7.11 Å². The quantitative estimate of drug-likeness (QED) is 0.759. The number of hydrogen-bond acceptors (Lipinski definition) is 3. The van der Waals surface area contributed by atoms with Gasteiger partial charge in [-0.2, -0.15) is 0 Å². The maximum Gasteiger partial charge on any atom is 0.227 e. The SMILES string of the molecule is COCCN(C(=O)[C@@H]1CCCNC1)C(C)C. The van der Waals surface area contributed by atoms with E-state index in [0.717, 1.165) is 25.9 Å². The minimum Gasteiger partial charge on any atom is -0.383 e. The van der Waals surface area contributed by atoms with Gasteiger partial charge in [-0.25, -0.2) is 0 Å². The molecule has 0 aromatic heterocycles. The first-order valence-corrected chi connectivity index (χ1v) is 6.17. The second kappa shape index (κ2) is 6.86. The number of methoxy groups -OCH3 is 1. The van der Waals surface area contributed by atoms with Gasteiger partial charge in [0.1, 0.15) is 0 Å². The van der Waals surface area contributed by atoms with Gasteiger partial charge in [0, 0.05) is 26.2 Å². The Balaban J connectivity index is 2.51. The van der Waals surface area contributed by atoms with Crippen LogP contribution in [-0.4, -0.2) is 50.2 Å². The second-order valence-corrected chi connectivity index (χ2v) is 4.66. The summed E-state index contributed by atoms with van der Waals surface area (Å²) < 4.78 is 5.05. The molecule has 1 saturated heterocycles. The fraction of sp³-hybridized carbons (Fsp3) is 0.917. The van der Waals surface area contributed by atoms with E-state index >= 15 is 0 Å². The number of carbonyl (C=O) groups is 1. The van der Waals surface area contributed by atoms with Crippen LogP contribution >= 0.6 is 0 Å². The summed E-state index contributed by atoms with van der Waals surface area (Å²) in [5, 5.41) is 3.29. The molecular formula is C12H24N2O2. The predicted octanol–water partition coefficient (Wildman–Crippen LogP) is 0.869. The molecule has 4 heteroatoms. The third-order valence-electron chi connectivity index (χ3n) is 3.09. The van der Waals surface area contributed by atoms with Crippen molar-refractivity contribution in [3.05, 3.63) is 0 Å². The van der Waals surface area contributed by atoms with Gasteiger partial charge in [0.25, 0.3) is 0 Å². The molecule has 1 rings (SSSR count). The van der Waals surface area contributed by atoms with Crippen LogP contribution in [0.5, 0.6) is 0 Å². The first-order chi connectivity index (χ1) is 7.66. The monoisotopic (exact) mass is 228 g/mol. The van der Waals surface area contributed by atoms with Crippen molar-refractivity contribution in [1.82, 2.24) is 10.2 Å². The lowest BCUT2D eigenvalue weighted by Crippen LogP contribution is -2.47. The van der Waals surface area contributed by atoms with Crippen LogP contribution in [0.25, 0.3) is 0 Å². The first kappa shape index (κ1) is 13.5. The lowest BCUT2D eigenvalue weighted by Gasteiger charge is -2.32. The Hall–Kier alpha value is -0.610. The molecule has 0 radical (unpaired) electrons. The van der Waals surface area contributed by atoms with E-state index in [9.17, 15) is 4.79 Å². The average molecular weight is 228 g/mol. The molecule has 94 valence electrons. The van der Waals surface area contributed by atoms with Gasteiger partial charge in [0.05, 0.1) is 12.5 Å². The van der Waals surface area contributed by atoms with E-state index in [1.165, 1.54) is 0 Å². The normalized spacial score (nSPS) is 21.1. The number of hydrogen-bond donors (Lipinski definition) is 1. The zero-order valence-corrected chi connectivity index (χ0v) is 10.7. The lowest BCUT2D eigenvalue weighted by atomic mass is 9.97.